The molecule has 0 spiro atoms. The molecule has 0 aromatic rings. The Balaban J connectivity index is 4.18. The summed E-state index contributed by atoms with van der Waals surface area (Å²) in [7, 11) is 0. The van der Waals surface area contributed by atoms with Crippen LogP contribution in [-0.4, -0.2) is 17.0 Å². The monoisotopic (exact) mass is 200 g/mol. The maximum atomic E-state index is 11.6. The number of nitrogens with one attached hydrogen (secondary N) is 1. The fourth-order valence-electron chi connectivity index (χ4n) is 1.22. The molecule has 0 heterocycles. The van der Waals surface area contributed by atoms with E-state index in [-0.39, 0.29) is 11.4 Å². The average molecular weight is 200 g/mol. The molecule has 1 amide bonds. The first-order chi connectivity index (χ1) is 6.22. The normalized spacial score (nSPS) is 12.7. The third kappa shape index (κ3) is 5.22. The number of rotatable bonds is 5. The summed E-state index contributed by atoms with van der Waals surface area (Å²) < 4.78 is 0. The van der Waals surface area contributed by atoms with Crippen LogP contribution in [0, 0.1) is 0 Å². The van der Waals surface area contributed by atoms with Gasteiger partial charge in [0.2, 0.25) is 5.91 Å². The Morgan fingerprint density at radius 1 is 1.21 bits per heavy atom. The molecule has 3 nitrogen and oxygen atoms in total. The number of nitrogens with two attached hydrogens (primary N) is 1. The Hall–Kier alpha value is -0.570. The minimum absolute atomic E-state index is 0.0451. The SMILES string of the molecule is CCC(C)(CC)NC(=O)CC(C)(C)N. The standard InChI is InChI=1S/C11H24N2O/c1-6-11(5,7-2)13-9(14)8-10(3,4)12/h6-8,12H2,1-5H3,(H,13,14). The van der Waals surface area contributed by atoms with Gasteiger partial charge in [0.05, 0.1) is 0 Å². The average Bonchev–Trinajstić information content (AvgIpc) is 2.00. The fraction of sp³-hybridized carbons (Fsp3) is 0.909. The highest BCUT2D eigenvalue weighted by molar-refractivity contribution is 5.77. The van der Waals surface area contributed by atoms with Crippen molar-refractivity contribution >= 4 is 5.91 Å². The molecular weight excluding hydrogens is 176 g/mol. The summed E-state index contributed by atoms with van der Waals surface area (Å²) in [6.45, 7) is 9.95. The summed E-state index contributed by atoms with van der Waals surface area (Å²) in [5.74, 6) is 0.0451. The van der Waals surface area contributed by atoms with Crippen molar-refractivity contribution in [3.63, 3.8) is 0 Å². The summed E-state index contributed by atoms with van der Waals surface area (Å²) in [4.78, 5) is 11.6. The molecule has 0 aliphatic rings. The zero-order valence-corrected chi connectivity index (χ0v) is 10.1. The molecule has 0 aliphatic carbocycles. The van der Waals surface area contributed by atoms with Crippen LogP contribution in [-0.2, 0) is 4.79 Å². The fourth-order valence-corrected chi connectivity index (χ4v) is 1.22. The molecule has 0 fully saturated rings. The molecular formula is C11H24N2O. The van der Waals surface area contributed by atoms with E-state index in [1.165, 1.54) is 0 Å². The first kappa shape index (κ1) is 13.4. The van der Waals surface area contributed by atoms with Gasteiger partial charge in [0.25, 0.3) is 0 Å². The molecule has 0 aromatic heterocycles. The van der Waals surface area contributed by atoms with Crippen molar-refractivity contribution in [1.29, 1.82) is 0 Å². The number of hydrogen-bond donors (Lipinski definition) is 2. The predicted octanol–water partition coefficient (Wildman–Crippen LogP) is 1.81. The third-order valence-corrected chi connectivity index (χ3v) is 2.62. The smallest absolute Gasteiger partial charge is 0.222 e. The quantitative estimate of drug-likeness (QED) is 0.711. The van der Waals surface area contributed by atoms with Crippen molar-refractivity contribution in [2.24, 2.45) is 5.73 Å². The van der Waals surface area contributed by atoms with Crippen LogP contribution in [0.15, 0.2) is 0 Å². The van der Waals surface area contributed by atoms with Gasteiger partial charge >= 0.3 is 0 Å². The predicted molar refractivity (Wildman–Crippen MR) is 60.0 cm³/mol. The molecule has 0 bridgehead atoms. The van der Waals surface area contributed by atoms with E-state index in [0.717, 1.165) is 12.8 Å². The van der Waals surface area contributed by atoms with E-state index >= 15 is 0 Å². The molecule has 3 N–H and O–H groups in total. The van der Waals surface area contributed by atoms with Crippen LogP contribution in [0.5, 0.6) is 0 Å². The van der Waals surface area contributed by atoms with Gasteiger partial charge in [-0.25, -0.2) is 0 Å². The van der Waals surface area contributed by atoms with Gasteiger partial charge in [-0.2, -0.15) is 0 Å². The van der Waals surface area contributed by atoms with Crippen LogP contribution < -0.4 is 11.1 Å². The largest absolute Gasteiger partial charge is 0.351 e. The van der Waals surface area contributed by atoms with Gasteiger partial charge in [0.15, 0.2) is 0 Å². The van der Waals surface area contributed by atoms with Gasteiger partial charge in [0, 0.05) is 17.5 Å². The molecule has 14 heavy (non-hydrogen) atoms. The first-order valence-corrected chi connectivity index (χ1v) is 5.32. The molecule has 84 valence electrons. The Morgan fingerprint density at radius 2 is 1.64 bits per heavy atom. The number of amides is 1. The summed E-state index contributed by atoms with van der Waals surface area (Å²) in [6.07, 6.45) is 2.27. The van der Waals surface area contributed by atoms with Gasteiger partial charge in [-0.1, -0.05) is 13.8 Å². The van der Waals surface area contributed by atoms with E-state index in [2.05, 4.69) is 26.1 Å². The van der Waals surface area contributed by atoms with Crippen molar-refractivity contribution in [1.82, 2.24) is 5.32 Å². The molecule has 0 atom stereocenters. The molecule has 0 saturated carbocycles. The molecule has 0 radical (unpaired) electrons. The Bertz CT molecular complexity index is 190. The minimum Gasteiger partial charge on any atom is -0.351 e. The van der Waals surface area contributed by atoms with Gasteiger partial charge in [-0.3, -0.25) is 4.79 Å². The van der Waals surface area contributed by atoms with Crippen molar-refractivity contribution in [3.8, 4) is 0 Å². The second-order valence-electron chi connectivity index (χ2n) is 4.98. The van der Waals surface area contributed by atoms with Gasteiger partial charge in [-0.15, -0.1) is 0 Å². The van der Waals surface area contributed by atoms with E-state index in [0.29, 0.717) is 6.42 Å². The molecule has 0 aliphatic heterocycles. The lowest BCUT2D eigenvalue weighted by Gasteiger charge is -2.30. The van der Waals surface area contributed by atoms with Gasteiger partial charge < -0.3 is 11.1 Å². The molecule has 0 saturated heterocycles. The lowest BCUT2D eigenvalue weighted by Crippen LogP contribution is -2.48. The van der Waals surface area contributed by atoms with E-state index in [1.54, 1.807) is 0 Å². The first-order valence-electron chi connectivity index (χ1n) is 5.32. The number of hydrogen-bond acceptors (Lipinski definition) is 2. The van der Waals surface area contributed by atoms with Crippen molar-refractivity contribution in [2.45, 2.75) is 65.0 Å². The zero-order valence-electron chi connectivity index (χ0n) is 10.1. The Labute approximate surface area is 87.4 Å². The third-order valence-electron chi connectivity index (χ3n) is 2.62. The summed E-state index contributed by atoms with van der Waals surface area (Å²) in [5, 5.41) is 3.03. The molecule has 0 unspecified atom stereocenters. The highest BCUT2D eigenvalue weighted by Gasteiger charge is 2.24. The van der Waals surface area contributed by atoms with Crippen molar-refractivity contribution in [3.05, 3.63) is 0 Å². The second-order valence-corrected chi connectivity index (χ2v) is 4.98. The molecule has 0 rings (SSSR count). The zero-order chi connectivity index (χ0) is 11.4. The molecule has 0 aromatic carbocycles. The highest BCUT2D eigenvalue weighted by atomic mass is 16.1. The Kier molecular flexibility index (Phi) is 4.59. The van der Waals surface area contributed by atoms with Gasteiger partial charge in [-0.05, 0) is 33.6 Å². The van der Waals surface area contributed by atoms with Crippen molar-refractivity contribution in [2.75, 3.05) is 0 Å². The number of carbonyl (C=O) groups excluding carboxylic acids is 1. The maximum absolute atomic E-state index is 11.6. The minimum atomic E-state index is -0.424. The topological polar surface area (TPSA) is 55.1 Å². The van der Waals surface area contributed by atoms with E-state index < -0.39 is 5.54 Å². The summed E-state index contributed by atoms with van der Waals surface area (Å²) in [6, 6.07) is 0. The lowest BCUT2D eigenvalue weighted by atomic mass is 9.94. The van der Waals surface area contributed by atoms with Crippen LogP contribution in [0.25, 0.3) is 0 Å². The van der Waals surface area contributed by atoms with Crippen LogP contribution in [0.1, 0.15) is 53.9 Å². The lowest BCUT2D eigenvalue weighted by molar-refractivity contribution is -0.123. The van der Waals surface area contributed by atoms with E-state index in [1.807, 2.05) is 13.8 Å². The van der Waals surface area contributed by atoms with E-state index in [9.17, 15) is 4.79 Å². The maximum Gasteiger partial charge on any atom is 0.222 e. The van der Waals surface area contributed by atoms with Crippen LogP contribution in [0.4, 0.5) is 0 Å². The number of carbonyl (C=O) groups is 1. The van der Waals surface area contributed by atoms with Crippen molar-refractivity contribution < 1.29 is 4.79 Å². The van der Waals surface area contributed by atoms with Crippen LogP contribution in [0.2, 0.25) is 0 Å². The Morgan fingerprint density at radius 3 is 1.93 bits per heavy atom. The summed E-state index contributed by atoms with van der Waals surface area (Å²) in [5.41, 5.74) is 5.27. The van der Waals surface area contributed by atoms with Crippen LogP contribution in [0.3, 0.4) is 0 Å². The van der Waals surface area contributed by atoms with Gasteiger partial charge in [0.1, 0.15) is 0 Å². The van der Waals surface area contributed by atoms with E-state index in [4.69, 9.17) is 5.73 Å². The highest BCUT2D eigenvalue weighted by Crippen LogP contribution is 2.14. The second kappa shape index (κ2) is 4.78. The molecule has 3 heteroatoms. The summed E-state index contributed by atoms with van der Waals surface area (Å²) >= 11 is 0. The van der Waals surface area contributed by atoms with Crippen LogP contribution >= 0.6 is 0 Å².